The van der Waals surface area contributed by atoms with Crippen molar-refractivity contribution in [2.45, 2.75) is 13.8 Å². The molecule has 4 aromatic rings. The molecule has 0 saturated carbocycles. The third-order valence-electron chi connectivity index (χ3n) is 4.33. The van der Waals surface area contributed by atoms with E-state index >= 15 is 0 Å². The summed E-state index contributed by atoms with van der Waals surface area (Å²) in [6, 6.07) is 10.1. The minimum Gasteiger partial charge on any atom is -0.422 e. The molecule has 0 fully saturated rings. The molecule has 1 aromatic carbocycles. The summed E-state index contributed by atoms with van der Waals surface area (Å²) in [5.41, 5.74) is 0.682. The first-order chi connectivity index (χ1) is 13.3. The number of nitrogens with one attached hydrogen (secondary N) is 1. The van der Waals surface area contributed by atoms with Crippen LogP contribution in [0.3, 0.4) is 0 Å². The van der Waals surface area contributed by atoms with E-state index in [1.54, 1.807) is 37.4 Å². The second-order valence-electron chi connectivity index (χ2n) is 6.40. The van der Waals surface area contributed by atoms with Gasteiger partial charge in [-0.1, -0.05) is 22.0 Å². The van der Waals surface area contributed by atoms with Gasteiger partial charge in [0.25, 0.3) is 11.5 Å². The highest BCUT2D eigenvalue weighted by Crippen LogP contribution is 2.20. The molecule has 0 aliphatic rings. The number of anilines is 1. The predicted molar refractivity (Wildman–Crippen MR) is 109 cm³/mol. The highest BCUT2D eigenvalue weighted by Gasteiger charge is 2.18. The van der Waals surface area contributed by atoms with E-state index in [4.69, 9.17) is 4.42 Å². The summed E-state index contributed by atoms with van der Waals surface area (Å²) < 4.78 is 7.36. The normalized spacial score (nSPS) is 11.1. The molecule has 4 rings (SSSR count). The number of halogens is 1. The van der Waals surface area contributed by atoms with Gasteiger partial charge < -0.3 is 9.73 Å². The van der Waals surface area contributed by atoms with Gasteiger partial charge in [-0.05, 0) is 49.7 Å². The number of pyridine rings is 1. The molecule has 0 radical (unpaired) electrons. The lowest BCUT2D eigenvalue weighted by molar-refractivity contribution is 0.102. The summed E-state index contributed by atoms with van der Waals surface area (Å²) in [7, 11) is 0. The zero-order valence-electron chi connectivity index (χ0n) is 14.9. The summed E-state index contributed by atoms with van der Waals surface area (Å²) in [6.45, 7) is 3.47. The molecule has 140 valence electrons. The maximum atomic E-state index is 12.8. The van der Waals surface area contributed by atoms with E-state index in [-0.39, 0.29) is 11.3 Å². The van der Waals surface area contributed by atoms with E-state index in [1.165, 1.54) is 10.5 Å². The van der Waals surface area contributed by atoms with Gasteiger partial charge in [-0.25, -0.2) is 9.78 Å². The molecule has 3 heterocycles. The Balaban J connectivity index is 1.80. The first kappa shape index (κ1) is 18.1. The van der Waals surface area contributed by atoms with Gasteiger partial charge in [0, 0.05) is 16.1 Å². The number of aryl methyl sites for hydroxylation is 2. The average molecular weight is 440 g/mol. The van der Waals surface area contributed by atoms with Gasteiger partial charge in [0.15, 0.2) is 0 Å². The molecular weight excluding hydrogens is 426 g/mol. The Morgan fingerprint density at radius 3 is 2.71 bits per heavy atom. The maximum absolute atomic E-state index is 12.8. The number of amides is 1. The van der Waals surface area contributed by atoms with Crippen molar-refractivity contribution >= 4 is 44.1 Å². The van der Waals surface area contributed by atoms with Crippen LogP contribution in [-0.4, -0.2) is 15.3 Å². The largest absolute Gasteiger partial charge is 0.422 e. The molecule has 7 nitrogen and oxygen atoms in total. The first-order valence-electron chi connectivity index (χ1n) is 8.38. The van der Waals surface area contributed by atoms with Crippen LogP contribution in [0.15, 0.2) is 61.1 Å². The topological polar surface area (TPSA) is 93.7 Å². The molecule has 0 bridgehead atoms. The minimum atomic E-state index is -0.783. The average Bonchev–Trinajstić information content (AvgIpc) is 2.65. The second-order valence-corrected chi connectivity index (χ2v) is 7.31. The smallest absolute Gasteiger partial charge is 0.349 e. The fraction of sp³-hybridized carbons (Fsp3) is 0.100. The fourth-order valence-corrected chi connectivity index (χ4v) is 3.31. The van der Waals surface area contributed by atoms with Gasteiger partial charge >= 0.3 is 5.63 Å². The third kappa shape index (κ3) is 3.11. The summed E-state index contributed by atoms with van der Waals surface area (Å²) in [6.07, 6.45) is 1.64. The number of hydrogen-bond donors (Lipinski definition) is 1. The van der Waals surface area contributed by atoms with Crippen molar-refractivity contribution in [2.24, 2.45) is 0 Å². The quantitative estimate of drug-likeness (QED) is 0.482. The Labute approximate surface area is 166 Å². The molecule has 0 aliphatic heterocycles. The lowest BCUT2D eigenvalue weighted by atomic mass is 10.1. The Bertz CT molecular complexity index is 1390. The zero-order chi connectivity index (χ0) is 20.0. The van der Waals surface area contributed by atoms with Crippen molar-refractivity contribution in [1.82, 2.24) is 9.38 Å². The standard InChI is InChI=1S/C20H14BrN3O4/c1-10-3-6-16-22-11(2)17(19(26)24(16)9-10)23-18(25)14-8-12-7-13(21)4-5-15(12)28-20(14)27/h3-9H,1-2H3,(H,23,25). The van der Waals surface area contributed by atoms with E-state index in [0.29, 0.717) is 22.3 Å². The van der Waals surface area contributed by atoms with Gasteiger partial charge in [0.05, 0.1) is 5.69 Å². The molecule has 3 aromatic heterocycles. The van der Waals surface area contributed by atoms with Crippen molar-refractivity contribution in [2.75, 3.05) is 5.32 Å². The summed E-state index contributed by atoms with van der Waals surface area (Å²) >= 11 is 3.34. The lowest BCUT2D eigenvalue weighted by Crippen LogP contribution is -2.27. The Morgan fingerprint density at radius 1 is 1.14 bits per heavy atom. The van der Waals surface area contributed by atoms with E-state index in [1.807, 2.05) is 13.0 Å². The third-order valence-corrected chi connectivity index (χ3v) is 4.82. The maximum Gasteiger partial charge on any atom is 0.349 e. The van der Waals surface area contributed by atoms with Gasteiger partial charge in [-0.15, -0.1) is 0 Å². The van der Waals surface area contributed by atoms with Crippen molar-refractivity contribution in [3.8, 4) is 0 Å². The number of benzene rings is 1. The van der Waals surface area contributed by atoms with Crippen LogP contribution in [0.25, 0.3) is 16.6 Å². The zero-order valence-corrected chi connectivity index (χ0v) is 16.5. The van der Waals surface area contributed by atoms with Gasteiger partial charge in [-0.2, -0.15) is 0 Å². The molecule has 1 amide bonds. The fourth-order valence-electron chi connectivity index (χ4n) is 2.93. The second kappa shape index (κ2) is 6.72. The van der Waals surface area contributed by atoms with Crippen LogP contribution in [-0.2, 0) is 0 Å². The number of hydrogen-bond acceptors (Lipinski definition) is 5. The Kier molecular flexibility index (Phi) is 4.35. The molecule has 0 aliphatic carbocycles. The predicted octanol–water partition coefficient (Wildman–Crippen LogP) is 3.43. The Morgan fingerprint density at radius 2 is 1.93 bits per heavy atom. The molecular formula is C20H14BrN3O4. The molecule has 0 unspecified atom stereocenters. The number of rotatable bonds is 2. The minimum absolute atomic E-state index is 0.0156. The monoisotopic (exact) mass is 439 g/mol. The summed E-state index contributed by atoms with van der Waals surface area (Å²) in [5, 5.41) is 3.10. The molecule has 8 heteroatoms. The molecule has 28 heavy (non-hydrogen) atoms. The van der Waals surface area contributed by atoms with E-state index in [9.17, 15) is 14.4 Å². The SMILES string of the molecule is Cc1ccc2nc(C)c(NC(=O)c3cc4cc(Br)ccc4oc3=O)c(=O)n2c1. The first-order valence-corrected chi connectivity index (χ1v) is 9.17. The van der Waals surface area contributed by atoms with Crippen molar-refractivity contribution in [3.63, 3.8) is 0 Å². The number of fused-ring (bicyclic) bond motifs is 2. The number of carbonyl (C=O) groups is 1. The van der Waals surface area contributed by atoms with Crippen LogP contribution in [0.2, 0.25) is 0 Å². The van der Waals surface area contributed by atoms with E-state index in [0.717, 1.165) is 10.0 Å². The molecule has 1 N–H and O–H groups in total. The van der Waals surface area contributed by atoms with E-state index in [2.05, 4.69) is 26.2 Å². The van der Waals surface area contributed by atoms with Crippen LogP contribution < -0.4 is 16.5 Å². The van der Waals surface area contributed by atoms with E-state index < -0.39 is 17.1 Å². The highest BCUT2D eigenvalue weighted by molar-refractivity contribution is 9.10. The lowest BCUT2D eigenvalue weighted by Gasteiger charge is -2.10. The van der Waals surface area contributed by atoms with Crippen LogP contribution in [0.5, 0.6) is 0 Å². The molecule has 0 spiro atoms. The van der Waals surface area contributed by atoms with Crippen LogP contribution >= 0.6 is 15.9 Å². The number of nitrogens with zero attached hydrogens (tertiary/aromatic N) is 2. The van der Waals surface area contributed by atoms with Crippen LogP contribution in [0, 0.1) is 13.8 Å². The van der Waals surface area contributed by atoms with Crippen molar-refractivity contribution in [3.05, 3.63) is 84.7 Å². The highest BCUT2D eigenvalue weighted by atomic mass is 79.9. The van der Waals surface area contributed by atoms with Gasteiger partial charge in [-0.3, -0.25) is 14.0 Å². The molecule has 0 saturated heterocycles. The number of aromatic nitrogens is 2. The van der Waals surface area contributed by atoms with Gasteiger partial charge in [0.1, 0.15) is 22.5 Å². The van der Waals surface area contributed by atoms with Gasteiger partial charge in [0.2, 0.25) is 0 Å². The Hall–Kier alpha value is -3.26. The summed E-state index contributed by atoms with van der Waals surface area (Å²) in [5.74, 6) is -0.731. The van der Waals surface area contributed by atoms with Crippen LogP contribution in [0.1, 0.15) is 21.6 Å². The molecule has 0 atom stereocenters. The number of carbonyl (C=O) groups excluding carboxylic acids is 1. The van der Waals surface area contributed by atoms with Crippen molar-refractivity contribution < 1.29 is 9.21 Å². The van der Waals surface area contributed by atoms with Crippen molar-refractivity contribution in [1.29, 1.82) is 0 Å². The van der Waals surface area contributed by atoms with Crippen LogP contribution in [0.4, 0.5) is 5.69 Å². The summed E-state index contributed by atoms with van der Waals surface area (Å²) in [4.78, 5) is 42.1.